The van der Waals surface area contributed by atoms with Crippen molar-refractivity contribution in [1.82, 2.24) is 19.5 Å². The molecular formula is C28H28N8O3. The number of nitrogens with two attached hydrogens (primary N) is 2. The van der Waals surface area contributed by atoms with Gasteiger partial charge < -0.3 is 21.8 Å². The van der Waals surface area contributed by atoms with Crippen LogP contribution < -0.4 is 16.9 Å². The van der Waals surface area contributed by atoms with Crippen molar-refractivity contribution in [3.8, 4) is 17.3 Å². The summed E-state index contributed by atoms with van der Waals surface area (Å²) >= 11 is 0. The highest BCUT2D eigenvalue weighted by atomic mass is 16.2. The molecule has 5 rings (SSSR count). The standard InChI is InChI=1S/C28H28N8O3/c1-16-4-11-22(32-15-16)33-27(38)19-9-7-18(8-10-19)23-24(25(30)37)36(31)26(34-23)21-3-2-12-35(21)28(39)20(14-29)13-17-5-6-17/h4,7-11,13,15,17,21H,2-3,5-6,12,31H2,1H3,(H2,30,37)(H,32,33,38)/t21-/m0/s1. The summed E-state index contributed by atoms with van der Waals surface area (Å²) in [6, 6.07) is 11.6. The number of rotatable bonds is 7. The zero-order valence-electron chi connectivity index (χ0n) is 21.4. The molecule has 39 heavy (non-hydrogen) atoms. The van der Waals surface area contributed by atoms with Crippen LogP contribution >= 0.6 is 0 Å². The summed E-state index contributed by atoms with van der Waals surface area (Å²) in [7, 11) is 0. The number of carbonyl (C=O) groups excluding carboxylic acids is 3. The van der Waals surface area contributed by atoms with E-state index in [4.69, 9.17) is 11.6 Å². The Kier molecular flexibility index (Phi) is 6.85. The van der Waals surface area contributed by atoms with Gasteiger partial charge in [0, 0.05) is 23.9 Å². The molecule has 3 heterocycles. The molecule has 0 unspecified atom stereocenters. The lowest BCUT2D eigenvalue weighted by molar-refractivity contribution is -0.127. The molecule has 5 N–H and O–H groups in total. The third-order valence-electron chi connectivity index (χ3n) is 6.93. The summed E-state index contributed by atoms with van der Waals surface area (Å²) < 4.78 is 1.13. The number of amides is 3. The zero-order chi connectivity index (χ0) is 27.7. The second-order valence-electron chi connectivity index (χ2n) is 9.84. The largest absolute Gasteiger partial charge is 0.364 e. The van der Waals surface area contributed by atoms with Crippen molar-refractivity contribution in [1.29, 1.82) is 5.26 Å². The molecule has 2 aromatic heterocycles. The number of allylic oxidation sites excluding steroid dienone is 1. The van der Waals surface area contributed by atoms with E-state index in [1.165, 1.54) is 0 Å². The predicted molar refractivity (Wildman–Crippen MR) is 143 cm³/mol. The van der Waals surface area contributed by atoms with E-state index in [0.29, 0.717) is 42.2 Å². The number of nitrogens with zero attached hydrogens (tertiary/aromatic N) is 5. The first-order valence-corrected chi connectivity index (χ1v) is 12.7. The number of pyridine rings is 1. The van der Waals surface area contributed by atoms with Gasteiger partial charge in [-0.25, -0.2) is 14.6 Å². The number of aryl methyl sites for hydroxylation is 1. The van der Waals surface area contributed by atoms with Gasteiger partial charge in [0.05, 0.1) is 6.04 Å². The molecule has 2 aliphatic rings. The number of carbonyl (C=O) groups is 3. The number of primary amides is 1. The van der Waals surface area contributed by atoms with Crippen LogP contribution in [0.15, 0.2) is 54.2 Å². The second-order valence-corrected chi connectivity index (χ2v) is 9.84. The molecular weight excluding hydrogens is 496 g/mol. The normalized spacial score (nSPS) is 17.1. The number of nitrogens with one attached hydrogen (secondary N) is 1. The molecule has 0 radical (unpaired) electrons. The molecule has 1 aliphatic heterocycles. The van der Waals surface area contributed by atoms with E-state index in [1.54, 1.807) is 47.5 Å². The smallest absolute Gasteiger partial charge is 0.269 e. The number of aromatic nitrogens is 3. The Morgan fingerprint density at radius 2 is 1.87 bits per heavy atom. The predicted octanol–water partition coefficient (Wildman–Crippen LogP) is 2.84. The average Bonchev–Trinajstić information content (AvgIpc) is 3.50. The van der Waals surface area contributed by atoms with Crippen molar-refractivity contribution in [2.75, 3.05) is 17.7 Å². The van der Waals surface area contributed by atoms with Crippen molar-refractivity contribution in [3.63, 3.8) is 0 Å². The fourth-order valence-corrected chi connectivity index (χ4v) is 4.72. The van der Waals surface area contributed by atoms with Crippen LogP contribution in [0.2, 0.25) is 0 Å². The SMILES string of the molecule is Cc1ccc(NC(=O)c2ccc(-c3nc([C@@H]4CCCN4C(=O)C(C#N)=CC4CC4)n(N)c3C(N)=O)cc2)nc1. The third kappa shape index (κ3) is 5.22. The Bertz CT molecular complexity index is 1510. The van der Waals surface area contributed by atoms with Gasteiger partial charge in [-0.15, -0.1) is 0 Å². The highest BCUT2D eigenvalue weighted by molar-refractivity contribution is 6.04. The van der Waals surface area contributed by atoms with Crippen LogP contribution in [0, 0.1) is 24.2 Å². The fourth-order valence-electron chi connectivity index (χ4n) is 4.72. The Morgan fingerprint density at radius 1 is 1.13 bits per heavy atom. The van der Waals surface area contributed by atoms with Crippen molar-refractivity contribution in [3.05, 3.63) is 76.9 Å². The number of benzene rings is 1. The van der Waals surface area contributed by atoms with E-state index in [9.17, 15) is 19.6 Å². The number of likely N-dealkylation sites (tertiary alicyclic amines) is 1. The third-order valence-corrected chi connectivity index (χ3v) is 6.93. The van der Waals surface area contributed by atoms with Crippen molar-refractivity contribution in [2.24, 2.45) is 11.7 Å². The van der Waals surface area contributed by atoms with Crippen molar-refractivity contribution in [2.45, 2.75) is 38.6 Å². The number of hydrogen-bond acceptors (Lipinski definition) is 7. The van der Waals surface area contributed by atoms with Gasteiger partial charge in [0.2, 0.25) is 0 Å². The monoisotopic (exact) mass is 524 g/mol. The van der Waals surface area contributed by atoms with Gasteiger partial charge in [-0.05, 0) is 62.3 Å². The summed E-state index contributed by atoms with van der Waals surface area (Å²) in [5.74, 6) is 5.85. The number of anilines is 1. The molecule has 0 bridgehead atoms. The van der Waals surface area contributed by atoms with Gasteiger partial charge in [0.25, 0.3) is 17.7 Å². The maximum absolute atomic E-state index is 13.2. The topological polar surface area (TPSA) is 173 Å². The highest BCUT2D eigenvalue weighted by Crippen LogP contribution is 2.36. The number of hydrogen-bond donors (Lipinski definition) is 3. The van der Waals surface area contributed by atoms with Crippen LogP contribution in [0.4, 0.5) is 5.82 Å². The summed E-state index contributed by atoms with van der Waals surface area (Å²) in [5.41, 5.74) is 7.92. The van der Waals surface area contributed by atoms with Crippen LogP contribution in [-0.4, -0.2) is 43.8 Å². The molecule has 1 atom stereocenters. The average molecular weight is 525 g/mol. The minimum absolute atomic E-state index is 0.0145. The van der Waals surface area contributed by atoms with E-state index in [2.05, 4.69) is 15.3 Å². The number of nitriles is 1. The van der Waals surface area contributed by atoms with Crippen LogP contribution in [0.25, 0.3) is 11.3 Å². The van der Waals surface area contributed by atoms with Gasteiger partial charge in [0.15, 0.2) is 11.5 Å². The molecule has 1 saturated heterocycles. The summed E-state index contributed by atoms with van der Waals surface area (Å²) in [6.45, 7) is 2.35. The van der Waals surface area contributed by atoms with Crippen LogP contribution in [-0.2, 0) is 4.79 Å². The first kappa shape index (κ1) is 25.7. The highest BCUT2D eigenvalue weighted by Gasteiger charge is 2.37. The Morgan fingerprint density at radius 3 is 2.49 bits per heavy atom. The van der Waals surface area contributed by atoms with E-state index in [1.807, 2.05) is 19.1 Å². The molecule has 2 fully saturated rings. The summed E-state index contributed by atoms with van der Waals surface area (Å²) in [5, 5.41) is 12.3. The second kappa shape index (κ2) is 10.4. The molecule has 198 valence electrons. The minimum Gasteiger partial charge on any atom is -0.364 e. The van der Waals surface area contributed by atoms with Crippen LogP contribution in [0.5, 0.6) is 0 Å². The van der Waals surface area contributed by atoms with Gasteiger partial charge in [-0.2, -0.15) is 5.26 Å². The lowest BCUT2D eigenvalue weighted by Gasteiger charge is -2.24. The van der Waals surface area contributed by atoms with E-state index >= 15 is 0 Å². The van der Waals surface area contributed by atoms with Gasteiger partial charge >= 0.3 is 0 Å². The maximum atomic E-state index is 13.2. The van der Waals surface area contributed by atoms with Gasteiger partial charge in [-0.3, -0.25) is 14.4 Å². The zero-order valence-corrected chi connectivity index (χ0v) is 21.4. The lowest BCUT2D eigenvalue weighted by Crippen LogP contribution is -2.34. The molecule has 3 amide bonds. The molecule has 1 aromatic carbocycles. The fraction of sp³-hybridized carbons (Fsp3) is 0.286. The van der Waals surface area contributed by atoms with E-state index in [-0.39, 0.29) is 34.7 Å². The lowest BCUT2D eigenvalue weighted by atomic mass is 10.1. The molecule has 0 spiro atoms. The molecule has 11 nitrogen and oxygen atoms in total. The molecule has 1 saturated carbocycles. The first-order chi connectivity index (χ1) is 18.8. The molecule has 1 aliphatic carbocycles. The molecule has 3 aromatic rings. The Hall–Kier alpha value is -4.98. The Balaban J connectivity index is 1.42. The number of nitrogen functional groups attached to an aromatic ring is 1. The van der Waals surface area contributed by atoms with Crippen molar-refractivity contribution < 1.29 is 14.4 Å². The van der Waals surface area contributed by atoms with Crippen LogP contribution in [0.1, 0.15) is 64.0 Å². The first-order valence-electron chi connectivity index (χ1n) is 12.7. The molecule has 11 heteroatoms. The van der Waals surface area contributed by atoms with Gasteiger partial charge in [0.1, 0.15) is 23.2 Å². The minimum atomic E-state index is -0.777. The van der Waals surface area contributed by atoms with Crippen LogP contribution in [0.3, 0.4) is 0 Å². The number of imidazole rings is 1. The van der Waals surface area contributed by atoms with Crippen molar-refractivity contribution >= 4 is 23.5 Å². The Labute approximate surface area is 225 Å². The summed E-state index contributed by atoms with van der Waals surface area (Å²) in [6.07, 6.45) is 6.62. The summed E-state index contributed by atoms with van der Waals surface area (Å²) in [4.78, 5) is 48.7. The van der Waals surface area contributed by atoms with Gasteiger partial charge in [-0.1, -0.05) is 24.3 Å². The van der Waals surface area contributed by atoms with E-state index in [0.717, 1.165) is 23.1 Å². The quantitative estimate of drug-likeness (QED) is 0.242. The maximum Gasteiger partial charge on any atom is 0.269 e. The van der Waals surface area contributed by atoms with E-state index < -0.39 is 11.9 Å².